The van der Waals surface area contributed by atoms with Crippen LogP contribution < -0.4 is 0 Å². The van der Waals surface area contributed by atoms with Gasteiger partial charge in [0.2, 0.25) is 0 Å². The number of rotatable bonds is 2. The highest BCUT2D eigenvalue weighted by Crippen LogP contribution is 2.27. The van der Waals surface area contributed by atoms with E-state index in [2.05, 4.69) is 38.7 Å². The summed E-state index contributed by atoms with van der Waals surface area (Å²) in [5, 5.41) is 1.18. The van der Waals surface area contributed by atoms with Crippen LogP contribution in [0.25, 0.3) is 10.9 Å². The molecule has 0 unspecified atom stereocenters. The minimum absolute atomic E-state index is 0.460. The Balaban J connectivity index is 2.71. The fourth-order valence-corrected chi connectivity index (χ4v) is 1.97. The minimum Gasteiger partial charge on any atom is -0.262 e. The van der Waals surface area contributed by atoms with Gasteiger partial charge in [0.1, 0.15) is 0 Å². The SMILES string of the molecule is CC(C)c1cc2ccncc2nc1C(C)C. The highest BCUT2D eigenvalue weighted by Gasteiger charge is 2.12. The van der Waals surface area contributed by atoms with Crippen LogP contribution in [0, 0.1) is 0 Å². The van der Waals surface area contributed by atoms with E-state index < -0.39 is 0 Å². The Hall–Kier alpha value is -1.44. The Morgan fingerprint density at radius 2 is 1.81 bits per heavy atom. The third-order valence-corrected chi connectivity index (χ3v) is 2.85. The molecule has 0 aromatic carbocycles. The molecule has 0 aliphatic heterocycles. The molecule has 2 rings (SSSR count). The quantitative estimate of drug-likeness (QED) is 0.758. The molecule has 16 heavy (non-hydrogen) atoms. The van der Waals surface area contributed by atoms with E-state index in [4.69, 9.17) is 4.98 Å². The summed E-state index contributed by atoms with van der Waals surface area (Å²) >= 11 is 0. The van der Waals surface area contributed by atoms with E-state index in [9.17, 15) is 0 Å². The van der Waals surface area contributed by atoms with Crippen LogP contribution in [0.2, 0.25) is 0 Å². The predicted molar refractivity (Wildman–Crippen MR) is 67.7 cm³/mol. The first-order valence-corrected chi connectivity index (χ1v) is 5.84. The van der Waals surface area contributed by atoms with E-state index in [-0.39, 0.29) is 0 Å². The highest BCUT2D eigenvalue weighted by molar-refractivity contribution is 5.78. The standard InChI is InChI=1S/C14H18N2/c1-9(2)12-7-11-5-6-15-8-13(11)16-14(12)10(3)4/h5-10H,1-4H3. The molecule has 0 spiro atoms. The van der Waals surface area contributed by atoms with Gasteiger partial charge in [0.05, 0.1) is 11.7 Å². The molecular formula is C14H18N2. The number of nitrogens with zero attached hydrogens (tertiary/aromatic N) is 2. The molecule has 0 saturated carbocycles. The molecule has 0 atom stereocenters. The van der Waals surface area contributed by atoms with Crippen molar-refractivity contribution >= 4 is 10.9 Å². The Morgan fingerprint density at radius 3 is 2.44 bits per heavy atom. The van der Waals surface area contributed by atoms with Crippen molar-refractivity contribution in [1.82, 2.24) is 9.97 Å². The molecule has 0 saturated heterocycles. The summed E-state index contributed by atoms with van der Waals surface area (Å²) in [7, 11) is 0. The third-order valence-electron chi connectivity index (χ3n) is 2.85. The second-order valence-electron chi connectivity index (χ2n) is 4.84. The molecule has 2 aromatic heterocycles. The molecule has 0 aliphatic rings. The number of pyridine rings is 2. The van der Waals surface area contributed by atoms with Gasteiger partial charge in [-0.3, -0.25) is 9.97 Å². The summed E-state index contributed by atoms with van der Waals surface area (Å²) in [5.74, 6) is 0.976. The number of hydrogen-bond acceptors (Lipinski definition) is 2. The van der Waals surface area contributed by atoms with Crippen molar-refractivity contribution in [2.24, 2.45) is 0 Å². The summed E-state index contributed by atoms with van der Waals surface area (Å²) in [5.41, 5.74) is 3.56. The minimum atomic E-state index is 0.460. The molecule has 84 valence electrons. The van der Waals surface area contributed by atoms with Gasteiger partial charge in [-0.05, 0) is 29.5 Å². The largest absolute Gasteiger partial charge is 0.262 e. The van der Waals surface area contributed by atoms with E-state index in [0.29, 0.717) is 11.8 Å². The van der Waals surface area contributed by atoms with Gasteiger partial charge in [-0.25, -0.2) is 0 Å². The molecule has 0 amide bonds. The highest BCUT2D eigenvalue weighted by atomic mass is 14.7. The summed E-state index contributed by atoms with van der Waals surface area (Å²) in [4.78, 5) is 8.86. The number of hydrogen-bond donors (Lipinski definition) is 0. The van der Waals surface area contributed by atoms with Crippen LogP contribution in [0.15, 0.2) is 24.5 Å². The van der Waals surface area contributed by atoms with E-state index in [1.807, 2.05) is 18.5 Å². The van der Waals surface area contributed by atoms with E-state index in [0.717, 1.165) is 5.52 Å². The van der Waals surface area contributed by atoms with Crippen molar-refractivity contribution in [1.29, 1.82) is 0 Å². The lowest BCUT2D eigenvalue weighted by Gasteiger charge is -2.15. The fraction of sp³-hybridized carbons (Fsp3) is 0.429. The van der Waals surface area contributed by atoms with Crippen LogP contribution in [0.4, 0.5) is 0 Å². The summed E-state index contributed by atoms with van der Waals surface area (Å²) in [6.07, 6.45) is 3.66. The first-order valence-electron chi connectivity index (χ1n) is 5.84. The van der Waals surface area contributed by atoms with Gasteiger partial charge in [0.15, 0.2) is 0 Å². The van der Waals surface area contributed by atoms with Crippen molar-refractivity contribution in [3.63, 3.8) is 0 Å². The molecule has 2 nitrogen and oxygen atoms in total. The average Bonchev–Trinajstić information content (AvgIpc) is 2.27. The predicted octanol–water partition coefficient (Wildman–Crippen LogP) is 3.88. The van der Waals surface area contributed by atoms with Gasteiger partial charge in [-0.15, -0.1) is 0 Å². The van der Waals surface area contributed by atoms with Crippen molar-refractivity contribution in [2.45, 2.75) is 39.5 Å². The third kappa shape index (κ3) is 1.92. The molecular weight excluding hydrogens is 196 g/mol. The Kier molecular flexibility index (Phi) is 2.90. The van der Waals surface area contributed by atoms with Gasteiger partial charge in [0.25, 0.3) is 0 Å². The van der Waals surface area contributed by atoms with E-state index in [1.165, 1.54) is 16.6 Å². The maximum Gasteiger partial charge on any atom is 0.0888 e. The van der Waals surface area contributed by atoms with E-state index in [1.54, 1.807) is 0 Å². The Bertz CT molecular complexity index is 455. The molecule has 0 radical (unpaired) electrons. The van der Waals surface area contributed by atoms with Crippen LogP contribution >= 0.6 is 0 Å². The van der Waals surface area contributed by atoms with Crippen LogP contribution in [-0.2, 0) is 0 Å². The van der Waals surface area contributed by atoms with Crippen LogP contribution in [0.5, 0.6) is 0 Å². The zero-order valence-corrected chi connectivity index (χ0v) is 10.4. The number of fused-ring (bicyclic) bond motifs is 1. The second kappa shape index (κ2) is 4.20. The van der Waals surface area contributed by atoms with Crippen molar-refractivity contribution in [3.05, 3.63) is 35.8 Å². The van der Waals surface area contributed by atoms with Crippen molar-refractivity contribution < 1.29 is 0 Å². The lowest BCUT2D eigenvalue weighted by Crippen LogP contribution is -2.02. The van der Waals surface area contributed by atoms with Gasteiger partial charge < -0.3 is 0 Å². The van der Waals surface area contributed by atoms with Crippen LogP contribution in [0.3, 0.4) is 0 Å². The lowest BCUT2D eigenvalue weighted by molar-refractivity contribution is 0.764. The molecule has 0 N–H and O–H groups in total. The van der Waals surface area contributed by atoms with Crippen molar-refractivity contribution in [2.75, 3.05) is 0 Å². The van der Waals surface area contributed by atoms with Crippen LogP contribution in [0.1, 0.15) is 50.8 Å². The molecule has 0 aliphatic carbocycles. The summed E-state index contributed by atoms with van der Waals surface area (Å²) in [6, 6.07) is 4.28. The first kappa shape index (κ1) is 11.1. The molecule has 0 fully saturated rings. The van der Waals surface area contributed by atoms with Gasteiger partial charge in [-0.1, -0.05) is 27.7 Å². The fourth-order valence-electron chi connectivity index (χ4n) is 1.97. The lowest BCUT2D eigenvalue weighted by atomic mass is 9.94. The summed E-state index contributed by atoms with van der Waals surface area (Å²) in [6.45, 7) is 8.82. The molecule has 2 heteroatoms. The zero-order chi connectivity index (χ0) is 11.7. The Morgan fingerprint density at radius 1 is 1.06 bits per heavy atom. The molecule has 2 aromatic rings. The molecule has 0 bridgehead atoms. The monoisotopic (exact) mass is 214 g/mol. The Labute approximate surface area is 96.7 Å². The van der Waals surface area contributed by atoms with Gasteiger partial charge in [-0.2, -0.15) is 0 Å². The van der Waals surface area contributed by atoms with Crippen LogP contribution in [-0.4, -0.2) is 9.97 Å². The maximum atomic E-state index is 4.73. The molecule has 2 heterocycles. The average molecular weight is 214 g/mol. The van der Waals surface area contributed by atoms with Gasteiger partial charge in [0, 0.05) is 17.3 Å². The normalized spacial score (nSPS) is 11.6. The summed E-state index contributed by atoms with van der Waals surface area (Å²) < 4.78 is 0. The maximum absolute atomic E-state index is 4.73. The zero-order valence-electron chi connectivity index (χ0n) is 10.4. The smallest absolute Gasteiger partial charge is 0.0888 e. The topological polar surface area (TPSA) is 25.8 Å². The van der Waals surface area contributed by atoms with Gasteiger partial charge >= 0.3 is 0 Å². The number of aromatic nitrogens is 2. The van der Waals surface area contributed by atoms with Crippen molar-refractivity contribution in [3.8, 4) is 0 Å². The first-order chi connectivity index (χ1) is 7.59. The second-order valence-corrected chi connectivity index (χ2v) is 4.84. The van der Waals surface area contributed by atoms with E-state index >= 15 is 0 Å².